The summed E-state index contributed by atoms with van der Waals surface area (Å²) in [6.07, 6.45) is 0.970. The van der Waals surface area contributed by atoms with Crippen molar-refractivity contribution in [3.8, 4) is 0 Å². The van der Waals surface area contributed by atoms with Crippen molar-refractivity contribution in [2.75, 3.05) is 20.7 Å². The highest BCUT2D eigenvalue weighted by Gasteiger charge is 2.39. The highest BCUT2D eigenvalue weighted by Crippen LogP contribution is 2.46. The van der Waals surface area contributed by atoms with Crippen LogP contribution in [0.15, 0.2) is 24.3 Å². The Morgan fingerprint density at radius 3 is 2.32 bits per heavy atom. The number of nitrogens with zero attached hydrogens (tertiary/aromatic N) is 1. The van der Waals surface area contributed by atoms with Gasteiger partial charge in [-0.25, -0.2) is 5.48 Å². The number of aliphatic hydroxyl groups excluding tert-OH is 1. The molecule has 2 unspecified atom stereocenters. The predicted octanol–water partition coefficient (Wildman–Crippen LogP) is 0.726. The van der Waals surface area contributed by atoms with E-state index in [0.29, 0.717) is 17.4 Å². The van der Waals surface area contributed by atoms with Crippen LogP contribution in [0.2, 0.25) is 0 Å². The Bertz CT molecular complexity index is 628. The topological polar surface area (TPSA) is 102 Å². The van der Waals surface area contributed by atoms with Crippen molar-refractivity contribution in [1.29, 1.82) is 0 Å². The molecule has 7 nitrogen and oxygen atoms in total. The molecule has 1 aliphatic rings. The molecule has 3 atom stereocenters. The van der Waals surface area contributed by atoms with Crippen LogP contribution >= 0.6 is 0 Å². The van der Waals surface area contributed by atoms with Gasteiger partial charge in [0.25, 0.3) is 11.8 Å². The number of amides is 2. The summed E-state index contributed by atoms with van der Waals surface area (Å²) in [7, 11) is 3.59. The Balaban J connectivity index is 2.11. The average molecular weight is 349 g/mol. The summed E-state index contributed by atoms with van der Waals surface area (Å²) in [5.74, 6) is -0.377. The maximum atomic E-state index is 12.5. The molecule has 1 aliphatic carbocycles. The first-order valence-corrected chi connectivity index (χ1v) is 8.35. The largest absolute Gasteiger partial charge is 0.396 e. The second-order valence-electron chi connectivity index (χ2n) is 7.34. The summed E-state index contributed by atoms with van der Waals surface area (Å²) in [6.45, 7) is 3.79. The number of hydrogen-bond donors (Lipinski definition) is 4. The maximum absolute atomic E-state index is 12.5. The zero-order valence-corrected chi connectivity index (χ0v) is 15.1. The minimum atomic E-state index is -0.929. The fraction of sp³-hybridized carbons (Fsp3) is 0.556. The zero-order valence-electron chi connectivity index (χ0n) is 15.1. The first kappa shape index (κ1) is 19.4. The Labute approximate surface area is 148 Å². The molecular formula is C18H27N3O4. The molecule has 0 aromatic heterocycles. The lowest BCUT2D eigenvalue weighted by atomic mass is 9.92. The van der Waals surface area contributed by atoms with Gasteiger partial charge in [-0.15, -0.1) is 0 Å². The van der Waals surface area contributed by atoms with Crippen LogP contribution in [0.5, 0.6) is 0 Å². The fourth-order valence-electron chi connectivity index (χ4n) is 2.84. The summed E-state index contributed by atoms with van der Waals surface area (Å²) in [5.41, 5.74) is 2.46. The number of rotatable bonds is 7. The minimum Gasteiger partial charge on any atom is -0.396 e. The van der Waals surface area contributed by atoms with Gasteiger partial charge in [0.15, 0.2) is 0 Å². The molecule has 4 N–H and O–H groups in total. The Kier molecular flexibility index (Phi) is 5.82. The number of nitrogens with one attached hydrogen (secondary N) is 2. The Morgan fingerprint density at radius 2 is 1.88 bits per heavy atom. The quantitative estimate of drug-likeness (QED) is 0.429. The van der Waals surface area contributed by atoms with E-state index in [1.54, 1.807) is 50.5 Å². The standard InChI is InChI=1S/C18H27N3O4/c1-18(2,21(3)4)15(17(24)20-25)19-16(23)12-7-5-11(6-8-12)14-9-13(14)10-22/h5-8,13-15,22,25H,9-10H2,1-4H3,(H,19,23)(H,20,24)/t13?,14?,15-/m1/s1. The van der Waals surface area contributed by atoms with Gasteiger partial charge in [-0.05, 0) is 63.9 Å². The molecule has 7 heteroatoms. The number of likely N-dealkylation sites (N-methyl/N-ethyl adjacent to an activating group) is 1. The van der Waals surface area contributed by atoms with Crippen molar-refractivity contribution < 1.29 is 19.9 Å². The SMILES string of the molecule is CN(C)C(C)(C)[C@H](NC(=O)c1ccc(C2CC2CO)cc1)C(=O)NO. The molecule has 1 aromatic rings. The van der Waals surface area contributed by atoms with Gasteiger partial charge in [0.2, 0.25) is 0 Å². The van der Waals surface area contributed by atoms with E-state index in [1.165, 1.54) is 0 Å². The molecule has 0 heterocycles. The summed E-state index contributed by atoms with van der Waals surface area (Å²) < 4.78 is 0. The van der Waals surface area contributed by atoms with Crippen LogP contribution in [-0.4, -0.2) is 59.3 Å². The number of benzene rings is 1. The van der Waals surface area contributed by atoms with Crippen molar-refractivity contribution in [1.82, 2.24) is 15.7 Å². The van der Waals surface area contributed by atoms with Crippen LogP contribution in [0.3, 0.4) is 0 Å². The van der Waals surface area contributed by atoms with Crippen molar-refractivity contribution in [3.63, 3.8) is 0 Å². The van der Waals surface area contributed by atoms with E-state index in [-0.39, 0.29) is 12.5 Å². The molecular weight excluding hydrogens is 322 g/mol. The first-order valence-electron chi connectivity index (χ1n) is 8.35. The third-order valence-corrected chi connectivity index (χ3v) is 5.27. The predicted molar refractivity (Wildman–Crippen MR) is 93.3 cm³/mol. The molecule has 2 rings (SSSR count). The summed E-state index contributed by atoms with van der Waals surface area (Å²) in [4.78, 5) is 26.4. The monoisotopic (exact) mass is 349 g/mol. The van der Waals surface area contributed by atoms with Gasteiger partial charge >= 0.3 is 0 Å². The van der Waals surface area contributed by atoms with E-state index in [2.05, 4.69) is 5.32 Å². The molecule has 25 heavy (non-hydrogen) atoms. The number of aliphatic hydroxyl groups is 1. The molecule has 0 radical (unpaired) electrons. The van der Waals surface area contributed by atoms with Gasteiger partial charge < -0.3 is 15.3 Å². The molecule has 1 aromatic carbocycles. The highest BCUT2D eigenvalue weighted by molar-refractivity contribution is 5.97. The lowest BCUT2D eigenvalue weighted by Crippen LogP contribution is -2.62. The van der Waals surface area contributed by atoms with Gasteiger partial charge in [-0.2, -0.15) is 0 Å². The summed E-state index contributed by atoms with van der Waals surface area (Å²) in [5, 5.41) is 20.8. The van der Waals surface area contributed by atoms with Gasteiger partial charge in [0, 0.05) is 17.7 Å². The van der Waals surface area contributed by atoms with Crippen LogP contribution in [0.25, 0.3) is 0 Å². The van der Waals surface area contributed by atoms with Gasteiger partial charge in [0.1, 0.15) is 6.04 Å². The second kappa shape index (κ2) is 7.51. The molecule has 0 saturated heterocycles. The lowest BCUT2D eigenvalue weighted by Gasteiger charge is -2.38. The smallest absolute Gasteiger partial charge is 0.267 e. The number of carbonyl (C=O) groups is 2. The molecule has 0 spiro atoms. The van der Waals surface area contributed by atoms with Crippen molar-refractivity contribution in [2.24, 2.45) is 5.92 Å². The molecule has 1 fully saturated rings. The summed E-state index contributed by atoms with van der Waals surface area (Å²) >= 11 is 0. The van der Waals surface area contributed by atoms with Gasteiger partial charge in [0.05, 0.1) is 0 Å². The van der Waals surface area contributed by atoms with Crippen LogP contribution in [0, 0.1) is 5.92 Å². The van der Waals surface area contributed by atoms with E-state index in [1.807, 2.05) is 12.1 Å². The van der Waals surface area contributed by atoms with E-state index in [9.17, 15) is 9.59 Å². The van der Waals surface area contributed by atoms with E-state index in [0.717, 1.165) is 12.0 Å². The molecule has 2 amide bonds. The number of hydroxylamine groups is 1. The van der Waals surface area contributed by atoms with E-state index in [4.69, 9.17) is 10.3 Å². The van der Waals surface area contributed by atoms with Gasteiger partial charge in [-0.3, -0.25) is 14.8 Å². The van der Waals surface area contributed by atoms with Gasteiger partial charge in [-0.1, -0.05) is 12.1 Å². The third kappa shape index (κ3) is 4.18. The molecule has 138 valence electrons. The number of hydrogen-bond acceptors (Lipinski definition) is 5. The average Bonchev–Trinajstić information content (AvgIpc) is 3.38. The molecule has 0 aliphatic heterocycles. The van der Waals surface area contributed by atoms with Crippen LogP contribution in [0.4, 0.5) is 0 Å². The fourth-order valence-corrected chi connectivity index (χ4v) is 2.84. The highest BCUT2D eigenvalue weighted by atomic mass is 16.5. The van der Waals surface area contributed by atoms with Crippen molar-refractivity contribution in [2.45, 2.75) is 37.8 Å². The number of carbonyl (C=O) groups excluding carboxylic acids is 2. The van der Waals surface area contributed by atoms with Crippen LogP contribution < -0.4 is 10.8 Å². The van der Waals surface area contributed by atoms with E-state index >= 15 is 0 Å². The zero-order chi connectivity index (χ0) is 18.8. The molecule has 1 saturated carbocycles. The van der Waals surface area contributed by atoms with Crippen LogP contribution in [0.1, 0.15) is 42.1 Å². The van der Waals surface area contributed by atoms with Crippen molar-refractivity contribution >= 4 is 11.8 Å². The second-order valence-corrected chi connectivity index (χ2v) is 7.34. The molecule has 0 bridgehead atoms. The first-order chi connectivity index (χ1) is 11.7. The van der Waals surface area contributed by atoms with E-state index < -0.39 is 17.5 Å². The summed E-state index contributed by atoms with van der Waals surface area (Å²) in [6, 6.07) is 6.27. The normalized spacial score (nSPS) is 20.9. The lowest BCUT2D eigenvalue weighted by molar-refractivity contribution is -0.134. The Hall–Kier alpha value is -1.96. The minimum absolute atomic E-state index is 0.185. The maximum Gasteiger partial charge on any atom is 0.267 e. The third-order valence-electron chi connectivity index (χ3n) is 5.27. The van der Waals surface area contributed by atoms with Crippen molar-refractivity contribution in [3.05, 3.63) is 35.4 Å². The van der Waals surface area contributed by atoms with Crippen LogP contribution in [-0.2, 0) is 4.79 Å². The Morgan fingerprint density at radius 1 is 1.28 bits per heavy atom.